The molecule has 3 rings (SSSR count). The third kappa shape index (κ3) is 4.64. The number of rotatable bonds is 9. The molecule has 0 aliphatic heterocycles. The van der Waals surface area contributed by atoms with Crippen LogP contribution in [0.1, 0.15) is 0 Å². The van der Waals surface area contributed by atoms with Crippen molar-refractivity contribution >= 4 is 27.5 Å². The quantitative estimate of drug-likeness (QED) is 0.550. The Kier molecular flexibility index (Phi) is 6.91. The highest BCUT2D eigenvalue weighted by Gasteiger charge is 2.16. The number of amides is 1. The Balaban J connectivity index is 1.83. The van der Waals surface area contributed by atoms with Crippen molar-refractivity contribution in [3.63, 3.8) is 0 Å². The second-order valence-electron chi connectivity index (χ2n) is 6.24. The van der Waals surface area contributed by atoms with Crippen molar-refractivity contribution < 1.29 is 14.3 Å². The Labute approximate surface area is 167 Å². The van der Waals surface area contributed by atoms with Crippen molar-refractivity contribution in [2.45, 2.75) is 6.54 Å². The minimum absolute atomic E-state index is 0.0638. The van der Waals surface area contributed by atoms with Crippen molar-refractivity contribution in [1.29, 1.82) is 0 Å². The lowest BCUT2D eigenvalue weighted by atomic mass is 10.2. The van der Waals surface area contributed by atoms with Crippen molar-refractivity contribution in [3.05, 3.63) is 53.1 Å². The maximum absolute atomic E-state index is 12.9. The number of carbonyl (C=O) groups excluding carboxylic acids is 1. The molecule has 0 aliphatic carbocycles. The van der Waals surface area contributed by atoms with Crippen LogP contribution in [0.4, 0.5) is 0 Å². The standard InChI is InChI=1S/C20H23N3O4S/c1-26-10-8-22(9-11-27-2)18(24)13-23-14-21-19-16(20(23)25)12-17(28-19)15-6-4-3-5-7-15/h3-7,12,14H,8-11,13H2,1-2H3. The number of thiophene rings is 1. The van der Waals surface area contributed by atoms with E-state index in [-0.39, 0.29) is 18.0 Å². The van der Waals surface area contributed by atoms with Crippen LogP contribution in [0.15, 0.2) is 47.5 Å². The van der Waals surface area contributed by atoms with Gasteiger partial charge in [0.1, 0.15) is 11.4 Å². The normalized spacial score (nSPS) is 11.1. The minimum atomic E-state index is -0.213. The van der Waals surface area contributed by atoms with Gasteiger partial charge in [-0.15, -0.1) is 11.3 Å². The number of carbonyl (C=O) groups is 1. The van der Waals surface area contributed by atoms with Gasteiger partial charge in [-0.05, 0) is 11.6 Å². The van der Waals surface area contributed by atoms with E-state index in [9.17, 15) is 9.59 Å². The van der Waals surface area contributed by atoms with E-state index in [2.05, 4.69) is 4.98 Å². The van der Waals surface area contributed by atoms with Crippen LogP contribution in [0, 0.1) is 0 Å². The van der Waals surface area contributed by atoms with E-state index < -0.39 is 0 Å². The summed E-state index contributed by atoms with van der Waals surface area (Å²) in [5.41, 5.74) is 0.827. The molecular formula is C20H23N3O4S. The minimum Gasteiger partial charge on any atom is -0.383 e. The summed E-state index contributed by atoms with van der Waals surface area (Å²) in [7, 11) is 3.17. The van der Waals surface area contributed by atoms with Gasteiger partial charge in [-0.1, -0.05) is 30.3 Å². The molecule has 3 aromatic rings. The van der Waals surface area contributed by atoms with Crippen LogP contribution in [0.3, 0.4) is 0 Å². The van der Waals surface area contributed by atoms with Crippen LogP contribution in [0.2, 0.25) is 0 Å². The molecule has 7 nitrogen and oxygen atoms in total. The number of ether oxygens (including phenoxy) is 2. The molecule has 0 radical (unpaired) electrons. The molecule has 2 heterocycles. The fraction of sp³-hybridized carbons (Fsp3) is 0.350. The molecule has 1 aromatic carbocycles. The third-order valence-electron chi connectivity index (χ3n) is 4.37. The molecule has 0 N–H and O–H groups in total. The zero-order chi connectivity index (χ0) is 19.9. The summed E-state index contributed by atoms with van der Waals surface area (Å²) in [5, 5.41) is 0.527. The maximum atomic E-state index is 12.9. The summed E-state index contributed by atoms with van der Waals surface area (Å²) >= 11 is 1.47. The summed E-state index contributed by atoms with van der Waals surface area (Å²) in [6.45, 7) is 1.67. The predicted octanol–water partition coefficient (Wildman–Crippen LogP) is 2.25. The summed E-state index contributed by atoms with van der Waals surface area (Å²) in [6.07, 6.45) is 1.44. The van der Waals surface area contributed by atoms with Gasteiger partial charge in [-0.2, -0.15) is 0 Å². The zero-order valence-corrected chi connectivity index (χ0v) is 16.8. The molecule has 0 bridgehead atoms. The van der Waals surface area contributed by atoms with Gasteiger partial charge in [0, 0.05) is 32.2 Å². The van der Waals surface area contributed by atoms with E-state index >= 15 is 0 Å². The lowest BCUT2D eigenvalue weighted by molar-refractivity contribution is -0.133. The van der Waals surface area contributed by atoms with Gasteiger partial charge in [-0.25, -0.2) is 4.98 Å². The molecule has 0 saturated carbocycles. The van der Waals surface area contributed by atoms with Crippen LogP contribution in [0.25, 0.3) is 20.7 Å². The molecule has 0 atom stereocenters. The van der Waals surface area contributed by atoms with E-state index in [0.717, 1.165) is 10.4 Å². The fourth-order valence-corrected chi connectivity index (χ4v) is 3.82. The van der Waals surface area contributed by atoms with E-state index in [1.807, 2.05) is 36.4 Å². The topological polar surface area (TPSA) is 73.7 Å². The number of hydrogen-bond acceptors (Lipinski definition) is 6. The van der Waals surface area contributed by atoms with Crippen molar-refractivity contribution in [3.8, 4) is 10.4 Å². The number of methoxy groups -OCH3 is 2. The number of fused-ring (bicyclic) bond motifs is 1. The molecule has 8 heteroatoms. The molecular weight excluding hydrogens is 378 g/mol. The summed E-state index contributed by atoms with van der Waals surface area (Å²) in [6, 6.07) is 11.7. The number of benzene rings is 1. The maximum Gasteiger partial charge on any atom is 0.262 e. The van der Waals surface area contributed by atoms with Gasteiger partial charge < -0.3 is 14.4 Å². The molecule has 0 fully saturated rings. The van der Waals surface area contributed by atoms with Gasteiger partial charge in [0.15, 0.2) is 0 Å². The van der Waals surface area contributed by atoms with E-state index in [4.69, 9.17) is 9.47 Å². The summed E-state index contributed by atoms with van der Waals surface area (Å²) in [5.74, 6) is -0.170. The van der Waals surface area contributed by atoms with Gasteiger partial charge in [0.2, 0.25) is 5.91 Å². The van der Waals surface area contributed by atoms with Crippen LogP contribution in [-0.4, -0.2) is 60.9 Å². The third-order valence-corrected chi connectivity index (χ3v) is 5.46. The Morgan fingerprint density at radius 1 is 1.14 bits per heavy atom. The highest BCUT2D eigenvalue weighted by Crippen LogP contribution is 2.30. The van der Waals surface area contributed by atoms with Crippen LogP contribution in [0.5, 0.6) is 0 Å². The highest BCUT2D eigenvalue weighted by atomic mass is 32.1. The molecule has 28 heavy (non-hydrogen) atoms. The molecule has 2 aromatic heterocycles. The van der Waals surface area contributed by atoms with E-state index in [1.54, 1.807) is 19.1 Å². The molecule has 0 aliphatic rings. The number of aromatic nitrogens is 2. The van der Waals surface area contributed by atoms with E-state index in [0.29, 0.717) is 36.5 Å². The number of nitrogens with zero attached hydrogens (tertiary/aromatic N) is 3. The number of hydrogen-bond donors (Lipinski definition) is 0. The largest absolute Gasteiger partial charge is 0.383 e. The van der Waals surface area contributed by atoms with Crippen LogP contribution >= 0.6 is 11.3 Å². The van der Waals surface area contributed by atoms with Crippen molar-refractivity contribution in [2.75, 3.05) is 40.5 Å². The Hall–Kier alpha value is -2.55. The zero-order valence-electron chi connectivity index (χ0n) is 16.0. The predicted molar refractivity (Wildman–Crippen MR) is 110 cm³/mol. The SMILES string of the molecule is COCCN(CCOC)C(=O)Cn1cnc2sc(-c3ccccc3)cc2c1=O. The molecule has 0 spiro atoms. The van der Waals surface area contributed by atoms with Gasteiger partial charge >= 0.3 is 0 Å². The Bertz CT molecular complexity index is 976. The van der Waals surface area contributed by atoms with Crippen molar-refractivity contribution in [2.24, 2.45) is 0 Å². The van der Waals surface area contributed by atoms with Crippen molar-refractivity contribution in [1.82, 2.24) is 14.5 Å². The molecule has 0 saturated heterocycles. The smallest absolute Gasteiger partial charge is 0.262 e. The van der Waals surface area contributed by atoms with Crippen LogP contribution in [-0.2, 0) is 20.8 Å². The molecule has 1 amide bonds. The first-order valence-electron chi connectivity index (χ1n) is 8.94. The Morgan fingerprint density at radius 3 is 2.46 bits per heavy atom. The molecule has 148 valence electrons. The highest BCUT2D eigenvalue weighted by molar-refractivity contribution is 7.21. The lowest BCUT2D eigenvalue weighted by Crippen LogP contribution is -2.40. The van der Waals surface area contributed by atoms with Gasteiger partial charge in [0.05, 0.1) is 24.9 Å². The first-order chi connectivity index (χ1) is 13.6. The Morgan fingerprint density at radius 2 is 1.82 bits per heavy atom. The van der Waals surface area contributed by atoms with Gasteiger partial charge in [0.25, 0.3) is 5.56 Å². The average Bonchev–Trinajstić information content (AvgIpc) is 3.16. The summed E-state index contributed by atoms with van der Waals surface area (Å²) < 4.78 is 11.5. The fourth-order valence-electron chi connectivity index (χ4n) is 2.83. The monoisotopic (exact) mass is 401 g/mol. The second kappa shape index (κ2) is 9.59. The first kappa shape index (κ1) is 20.2. The summed E-state index contributed by atoms with van der Waals surface area (Å²) in [4.78, 5) is 33.2. The lowest BCUT2D eigenvalue weighted by Gasteiger charge is -2.22. The first-order valence-corrected chi connectivity index (χ1v) is 9.75. The second-order valence-corrected chi connectivity index (χ2v) is 7.27. The van der Waals surface area contributed by atoms with Gasteiger partial charge in [-0.3, -0.25) is 14.2 Å². The van der Waals surface area contributed by atoms with Crippen LogP contribution < -0.4 is 5.56 Å². The van der Waals surface area contributed by atoms with E-state index in [1.165, 1.54) is 22.2 Å². The average molecular weight is 401 g/mol. The molecule has 0 unspecified atom stereocenters.